The Morgan fingerprint density at radius 2 is 1.86 bits per heavy atom. The van der Waals surface area contributed by atoms with Gasteiger partial charge in [0.25, 0.3) is 0 Å². The molecule has 3 rings (SSSR count). The second-order valence-electron chi connectivity index (χ2n) is 4.81. The molecule has 0 unspecified atom stereocenters. The normalized spacial score (nSPS) is 13.6. The van der Waals surface area contributed by atoms with Gasteiger partial charge in [0.2, 0.25) is 0 Å². The van der Waals surface area contributed by atoms with E-state index < -0.39 is 0 Å². The molecular formula is C16H15BrClNO2. The molecule has 0 fully saturated rings. The van der Waals surface area contributed by atoms with Crippen molar-refractivity contribution < 1.29 is 9.47 Å². The summed E-state index contributed by atoms with van der Waals surface area (Å²) in [6.45, 7) is 2.10. The fourth-order valence-corrected chi connectivity index (χ4v) is 2.71. The van der Waals surface area contributed by atoms with E-state index in [1.165, 1.54) is 0 Å². The van der Waals surface area contributed by atoms with Crippen LogP contribution in [0.5, 0.6) is 11.5 Å². The molecule has 2 aromatic carbocycles. The average Bonchev–Trinajstić information content (AvgIpc) is 2.73. The van der Waals surface area contributed by atoms with Crippen LogP contribution >= 0.6 is 27.5 Å². The summed E-state index contributed by atoms with van der Waals surface area (Å²) in [5.74, 6) is 1.64. The molecule has 0 atom stereocenters. The highest BCUT2D eigenvalue weighted by molar-refractivity contribution is 9.10. The number of anilines is 1. The Kier molecular flexibility index (Phi) is 4.56. The van der Waals surface area contributed by atoms with Crippen LogP contribution in [-0.4, -0.2) is 13.2 Å². The number of ether oxygens (including phenoxy) is 2. The average molecular weight is 369 g/mol. The third kappa shape index (κ3) is 3.63. The monoisotopic (exact) mass is 367 g/mol. The molecule has 2 aromatic rings. The third-order valence-corrected chi connectivity index (χ3v) is 4.15. The van der Waals surface area contributed by atoms with Crippen LogP contribution in [0, 0.1) is 0 Å². The highest BCUT2D eigenvalue weighted by atomic mass is 79.9. The van der Waals surface area contributed by atoms with E-state index in [-0.39, 0.29) is 0 Å². The van der Waals surface area contributed by atoms with Gasteiger partial charge in [-0.05, 0) is 51.8 Å². The Bertz CT molecular complexity index is 648. The van der Waals surface area contributed by atoms with E-state index in [4.69, 9.17) is 21.1 Å². The zero-order valence-electron chi connectivity index (χ0n) is 11.4. The largest absolute Gasteiger partial charge is 0.490 e. The Balaban J connectivity index is 1.73. The number of fused-ring (bicyclic) bond motifs is 1. The lowest BCUT2D eigenvalue weighted by Gasteiger charge is -2.12. The molecule has 5 heteroatoms. The number of hydrogen-bond donors (Lipinski definition) is 1. The Morgan fingerprint density at radius 3 is 2.71 bits per heavy atom. The Labute approximate surface area is 137 Å². The van der Waals surface area contributed by atoms with Gasteiger partial charge < -0.3 is 14.8 Å². The molecule has 0 aromatic heterocycles. The molecule has 0 saturated heterocycles. The van der Waals surface area contributed by atoms with E-state index in [1.54, 1.807) is 0 Å². The molecule has 1 heterocycles. The summed E-state index contributed by atoms with van der Waals surface area (Å²) in [6.07, 6.45) is 0.914. The van der Waals surface area contributed by atoms with Gasteiger partial charge in [-0.1, -0.05) is 17.7 Å². The molecule has 110 valence electrons. The minimum absolute atomic E-state index is 0.690. The van der Waals surface area contributed by atoms with Crippen LogP contribution in [0.25, 0.3) is 0 Å². The lowest BCUT2D eigenvalue weighted by atomic mass is 10.2. The van der Waals surface area contributed by atoms with Crippen LogP contribution in [0.15, 0.2) is 40.9 Å². The number of benzene rings is 2. The highest BCUT2D eigenvalue weighted by Gasteiger charge is 2.10. The van der Waals surface area contributed by atoms with E-state index in [9.17, 15) is 0 Å². The molecule has 3 nitrogen and oxygen atoms in total. The van der Waals surface area contributed by atoms with Gasteiger partial charge in [0.1, 0.15) is 0 Å². The first-order valence-corrected chi connectivity index (χ1v) is 7.97. The van der Waals surface area contributed by atoms with Gasteiger partial charge in [0.15, 0.2) is 11.5 Å². The topological polar surface area (TPSA) is 30.5 Å². The van der Waals surface area contributed by atoms with Gasteiger partial charge in [-0.25, -0.2) is 0 Å². The third-order valence-electron chi connectivity index (χ3n) is 3.22. The van der Waals surface area contributed by atoms with Crippen LogP contribution in [-0.2, 0) is 6.54 Å². The van der Waals surface area contributed by atoms with Gasteiger partial charge in [0.05, 0.1) is 18.9 Å². The lowest BCUT2D eigenvalue weighted by molar-refractivity contribution is 0.297. The summed E-state index contributed by atoms with van der Waals surface area (Å²) in [5.41, 5.74) is 2.10. The summed E-state index contributed by atoms with van der Waals surface area (Å²) in [6, 6.07) is 11.7. The van der Waals surface area contributed by atoms with Crippen LogP contribution in [0.4, 0.5) is 5.69 Å². The predicted octanol–water partition coefficient (Wildman–Crippen LogP) is 4.88. The first kappa shape index (κ1) is 14.5. The van der Waals surface area contributed by atoms with Crippen molar-refractivity contribution >= 4 is 33.2 Å². The number of halogens is 2. The van der Waals surface area contributed by atoms with Crippen molar-refractivity contribution in [3.63, 3.8) is 0 Å². The van der Waals surface area contributed by atoms with E-state index in [0.717, 1.165) is 33.6 Å². The maximum atomic E-state index is 6.01. The standard InChI is InChI=1S/C16H15BrClNO2/c17-13-4-3-12(18)9-14(13)19-10-11-2-5-15-16(8-11)21-7-1-6-20-15/h2-5,8-9,19H,1,6-7,10H2. The lowest BCUT2D eigenvalue weighted by Crippen LogP contribution is -2.01. The highest BCUT2D eigenvalue weighted by Crippen LogP contribution is 2.31. The maximum Gasteiger partial charge on any atom is 0.161 e. The van der Waals surface area contributed by atoms with Crippen LogP contribution in [0.1, 0.15) is 12.0 Å². The molecule has 0 bridgehead atoms. The molecular weight excluding hydrogens is 354 g/mol. The molecule has 0 aliphatic carbocycles. The Morgan fingerprint density at radius 1 is 1.05 bits per heavy atom. The van der Waals surface area contributed by atoms with Crippen molar-refractivity contribution in [1.29, 1.82) is 0 Å². The molecule has 1 aliphatic rings. The first-order chi connectivity index (χ1) is 10.2. The Hall–Kier alpha value is -1.39. The summed E-state index contributed by atoms with van der Waals surface area (Å²) >= 11 is 9.52. The van der Waals surface area contributed by atoms with Gasteiger partial charge in [-0.3, -0.25) is 0 Å². The molecule has 21 heavy (non-hydrogen) atoms. The van der Waals surface area contributed by atoms with E-state index in [0.29, 0.717) is 24.8 Å². The molecule has 1 aliphatic heterocycles. The minimum Gasteiger partial charge on any atom is -0.490 e. The molecule has 0 saturated carbocycles. The van der Waals surface area contributed by atoms with Crippen molar-refractivity contribution in [3.05, 3.63) is 51.5 Å². The summed E-state index contributed by atoms with van der Waals surface area (Å²) in [5, 5.41) is 4.07. The zero-order chi connectivity index (χ0) is 14.7. The van der Waals surface area contributed by atoms with Crippen molar-refractivity contribution in [1.82, 2.24) is 0 Å². The van der Waals surface area contributed by atoms with E-state index in [1.807, 2.05) is 36.4 Å². The summed E-state index contributed by atoms with van der Waals surface area (Å²) in [7, 11) is 0. The van der Waals surface area contributed by atoms with E-state index >= 15 is 0 Å². The van der Waals surface area contributed by atoms with Gasteiger partial charge in [-0.2, -0.15) is 0 Å². The van der Waals surface area contributed by atoms with E-state index in [2.05, 4.69) is 21.2 Å². The SMILES string of the molecule is Clc1ccc(Br)c(NCc2ccc3c(c2)OCCCO3)c1. The van der Waals surface area contributed by atoms with Gasteiger partial charge in [0, 0.05) is 22.5 Å². The number of hydrogen-bond acceptors (Lipinski definition) is 3. The fraction of sp³-hybridized carbons (Fsp3) is 0.250. The zero-order valence-corrected chi connectivity index (χ0v) is 13.7. The molecule has 0 radical (unpaired) electrons. The first-order valence-electron chi connectivity index (χ1n) is 6.80. The molecule has 0 amide bonds. The van der Waals surface area contributed by atoms with Gasteiger partial charge >= 0.3 is 0 Å². The fourth-order valence-electron chi connectivity index (χ4n) is 2.15. The van der Waals surface area contributed by atoms with Crippen LogP contribution < -0.4 is 14.8 Å². The van der Waals surface area contributed by atoms with Gasteiger partial charge in [-0.15, -0.1) is 0 Å². The molecule has 0 spiro atoms. The smallest absolute Gasteiger partial charge is 0.161 e. The number of rotatable bonds is 3. The van der Waals surface area contributed by atoms with Crippen molar-refractivity contribution in [2.45, 2.75) is 13.0 Å². The predicted molar refractivity (Wildman–Crippen MR) is 88.5 cm³/mol. The minimum atomic E-state index is 0.690. The van der Waals surface area contributed by atoms with Crippen LogP contribution in [0.3, 0.4) is 0 Å². The van der Waals surface area contributed by atoms with Crippen molar-refractivity contribution in [2.75, 3.05) is 18.5 Å². The molecule has 1 N–H and O–H groups in total. The van der Waals surface area contributed by atoms with Crippen molar-refractivity contribution in [3.8, 4) is 11.5 Å². The summed E-state index contributed by atoms with van der Waals surface area (Å²) in [4.78, 5) is 0. The van der Waals surface area contributed by atoms with Crippen LogP contribution in [0.2, 0.25) is 5.02 Å². The maximum absolute atomic E-state index is 6.01. The second kappa shape index (κ2) is 6.58. The quantitative estimate of drug-likeness (QED) is 0.838. The second-order valence-corrected chi connectivity index (χ2v) is 6.10. The number of nitrogens with one attached hydrogen (secondary N) is 1. The van der Waals surface area contributed by atoms with Crippen molar-refractivity contribution in [2.24, 2.45) is 0 Å². The summed E-state index contributed by atoms with van der Waals surface area (Å²) < 4.78 is 12.3.